The first-order valence-corrected chi connectivity index (χ1v) is 11.9. The highest BCUT2D eigenvalue weighted by atomic mass is 16.2. The monoisotopic (exact) mass is 409 g/mol. The van der Waals surface area contributed by atoms with Crippen molar-refractivity contribution < 1.29 is 9.59 Å². The molecule has 0 unspecified atom stereocenters. The molecule has 1 aliphatic heterocycles. The first kappa shape index (κ1) is 20.0. The highest BCUT2D eigenvalue weighted by molar-refractivity contribution is 5.90. The van der Waals surface area contributed by atoms with Crippen LogP contribution in [0.3, 0.4) is 0 Å². The zero-order chi connectivity index (χ0) is 20.8. The van der Waals surface area contributed by atoms with E-state index < -0.39 is 6.04 Å². The third-order valence-corrected chi connectivity index (χ3v) is 8.27. The van der Waals surface area contributed by atoms with E-state index in [2.05, 4.69) is 5.32 Å². The van der Waals surface area contributed by atoms with Gasteiger partial charge in [0.1, 0.15) is 6.04 Å². The van der Waals surface area contributed by atoms with Crippen LogP contribution in [0.25, 0.3) is 0 Å². The Kier molecular flexibility index (Phi) is 5.34. The molecule has 30 heavy (non-hydrogen) atoms. The number of benzene rings is 1. The van der Waals surface area contributed by atoms with Gasteiger partial charge in [-0.15, -0.1) is 0 Å². The Labute approximate surface area is 179 Å². The summed E-state index contributed by atoms with van der Waals surface area (Å²) in [6.07, 6.45) is 8.69. The average molecular weight is 410 g/mol. The Balaban J connectivity index is 1.21. The molecule has 4 saturated carbocycles. The van der Waals surface area contributed by atoms with Crippen LogP contribution >= 0.6 is 0 Å². The molecule has 0 aromatic heterocycles. The van der Waals surface area contributed by atoms with Gasteiger partial charge in [-0.2, -0.15) is 0 Å². The molecule has 162 valence electrons. The van der Waals surface area contributed by atoms with Gasteiger partial charge in [0.25, 0.3) is 0 Å². The number of carbonyl (C=O) groups is 2. The molecule has 1 saturated heterocycles. The summed E-state index contributed by atoms with van der Waals surface area (Å²) < 4.78 is 0. The largest absolute Gasteiger partial charge is 0.351 e. The van der Waals surface area contributed by atoms with Crippen molar-refractivity contribution in [3.8, 4) is 0 Å². The van der Waals surface area contributed by atoms with E-state index in [0.29, 0.717) is 30.8 Å². The molecule has 0 radical (unpaired) electrons. The van der Waals surface area contributed by atoms with E-state index >= 15 is 0 Å². The minimum Gasteiger partial charge on any atom is -0.351 e. The Morgan fingerprint density at radius 1 is 1.07 bits per heavy atom. The summed E-state index contributed by atoms with van der Waals surface area (Å²) in [4.78, 5) is 28.1. The van der Waals surface area contributed by atoms with Crippen molar-refractivity contribution in [2.24, 2.45) is 29.4 Å². The molecule has 5 aliphatic rings. The molecule has 2 amide bonds. The van der Waals surface area contributed by atoms with Crippen LogP contribution in [0.1, 0.15) is 56.1 Å². The number of nitrogens with two attached hydrogens (primary N) is 1. The fourth-order valence-electron chi connectivity index (χ4n) is 7.00. The lowest BCUT2D eigenvalue weighted by Gasteiger charge is -2.54. The van der Waals surface area contributed by atoms with Crippen LogP contribution in [0.2, 0.25) is 0 Å². The van der Waals surface area contributed by atoms with E-state index in [9.17, 15) is 9.59 Å². The van der Waals surface area contributed by atoms with Crippen molar-refractivity contribution in [2.45, 2.75) is 76.4 Å². The molecular formula is C25H35N3O2. The Morgan fingerprint density at radius 2 is 1.70 bits per heavy atom. The molecule has 1 aromatic rings. The molecule has 3 N–H and O–H groups in total. The molecule has 4 bridgehead atoms. The van der Waals surface area contributed by atoms with Crippen molar-refractivity contribution in [3.63, 3.8) is 0 Å². The number of amides is 2. The number of nitrogens with zero attached hydrogens (tertiary/aromatic N) is 1. The number of hydrogen-bond acceptors (Lipinski definition) is 3. The second kappa shape index (κ2) is 7.99. The summed E-state index contributed by atoms with van der Waals surface area (Å²) in [5, 5.41) is 3.41. The van der Waals surface area contributed by atoms with Gasteiger partial charge in [0, 0.05) is 12.6 Å². The van der Waals surface area contributed by atoms with Crippen molar-refractivity contribution in [1.82, 2.24) is 10.2 Å². The van der Waals surface area contributed by atoms with Crippen LogP contribution in [0.4, 0.5) is 0 Å². The summed E-state index contributed by atoms with van der Waals surface area (Å²) in [5.41, 5.74) is 8.54. The molecule has 1 heterocycles. The summed E-state index contributed by atoms with van der Waals surface area (Å²) >= 11 is 0. The van der Waals surface area contributed by atoms with Gasteiger partial charge < -0.3 is 16.0 Å². The molecule has 0 spiro atoms. The fourth-order valence-corrected chi connectivity index (χ4v) is 7.00. The highest BCUT2D eigenvalue weighted by Gasteiger charge is 2.49. The van der Waals surface area contributed by atoms with E-state index in [1.54, 1.807) is 4.90 Å². The minimum atomic E-state index is -0.595. The lowest BCUT2D eigenvalue weighted by molar-refractivity contribution is -0.140. The van der Waals surface area contributed by atoms with E-state index in [1.807, 2.05) is 31.2 Å². The molecule has 6 rings (SSSR count). The third-order valence-electron chi connectivity index (χ3n) is 8.27. The summed E-state index contributed by atoms with van der Waals surface area (Å²) in [6.45, 7) is 2.69. The third kappa shape index (κ3) is 3.77. The summed E-state index contributed by atoms with van der Waals surface area (Å²) in [5.74, 6) is 3.06. The lowest BCUT2D eigenvalue weighted by Crippen LogP contribution is -2.59. The summed E-state index contributed by atoms with van der Waals surface area (Å²) in [7, 11) is 0. The van der Waals surface area contributed by atoms with Crippen LogP contribution in [0, 0.1) is 30.6 Å². The smallest absolute Gasteiger partial charge is 0.243 e. The number of hydrogen-bond donors (Lipinski definition) is 2. The Hall–Kier alpha value is -1.88. The van der Waals surface area contributed by atoms with Crippen molar-refractivity contribution in [3.05, 3.63) is 35.4 Å². The van der Waals surface area contributed by atoms with Gasteiger partial charge in [-0.3, -0.25) is 9.59 Å². The molecule has 2 atom stereocenters. The fraction of sp³-hybridized carbons (Fsp3) is 0.680. The molecular weight excluding hydrogens is 374 g/mol. The van der Waals surface area contributed by atoms with Gasteiger partial charge in [0.2, 0.25) is 11.8 Å². The van der Waals surface area contributed by atoms with E-state index in [0.717, 1.165) is 30.2 Å². The number of likely N-dealkylation sites (tertiary alicyclic amines) is 1. The second-order valence-corrected chi connectivity index (χ2v) is 10.5. The topological polar surface area (TPSA) is 75.4 Å². The standard InChI is InChI=1S/C25H35N3O2/c1-15-4-6-16(7-5-15)14-21(26)25(30)28-8-2-3-22(28)24(29)27-23-19-10-17-9-18(12-19)13-20(23)11-17/h4-7,17-23H,2-3,8-14,26H2,1H3,(H,27,29)/t17?,18?,19?,20?,21-,22+,23?/m0/s1. The lowest BCUT2D eigenvalue weighted by atomic mass is 9.54. The van der Waals surface area contributed by atoms with Crippen LogP contribution in [-0.2, 0) is 16.0 Å². The van der Waals surface area contributed by atoms with Crippen molar-refractivity contribution in [1.29, 1.82) is 0 Å². The quantitative estimate of drug-likeness (QED) is 0.785. The predicted molar refractivity (Wildman–Crippen MR) is 117 cm³/mol. The van der Waals surface area contributed by atoms with Crippen LogP contribution < -0.4 is 11.1 Å². The Bertz CT molecular complexity index is 777. The first-order valence-electron chi connectivity index (χ1n) is 11.9. The number of rotatable bonds is 5. The maximum atomic E-state index is 13.2. The normalized spacial score (nSPS) is 35.5. The predicted octanol–water partition coefficient (Wildman–Crippen LogP) is 2.80. The van der Waals surface area contributed by atoms with E-state index in [4.69, 9.17) is 5.73 Å². The summed E-state index contributed by atoms with van der Waals surface area (Å²) in [6, 6.07) is 7.53. The molecule has 1 aromatic carbocycles. The van der Waals surface area contributed by atoms with Crippen LogP contribution in [-0.4, -0.2) is 41.4 Å². The number of nitrogens with one attached hydrogen (secondary N) is 1. The second-order valence-electron chi connectivity index (χ2n) is 10.5. The molecule has 5 nitrogen and oxygen atoms in total. The minimum absolute atomic E-state index is 0.0564. The van der Waals surface area contributed by atoms with Gasteiger partial charge >= 0.3 is 0 Å². The maximum Gasteiger partial charge on any atom is 0.243 e. The van der Waals surface area contributed by atoms with Gasteiger partial charge in [-0.05, 0) is 87.5 Å². The van der Waals surface area contributed by atoms with E-state index in [-0.39, 0.29) is 17.9 Å². The van der Waals surface area contributed by atoms with Gasteiger partial charge in [-0.1, -0.05) is 29.8 Å². The van der Waals surface area contributed by atoms with Crippen molar-refractivity contribution >= 4 is 11.8 Å². The van der Waals surface area contributed by atoms with Gasteiger partial charge in [-0.25, -0.2) is 0 Å². The zero-order valence-electron chi connectivity index (χ0n) is 18.1. The highest BCUT2D eigenvalue weighted by Crippen LogP contribution is 2.53. The van der Waals surface area contributed by atoms with Crippen LogP contribution in [0.5, 0.6) is 0 Å². The van der Waals surface area contributed by atoms with Crippen molar-refractivity contribution in [2.75, 3.05) is 6.54 Å². The molecule has 4 aliphatic carbocycles. The van der Waals surface area contributed by atoms with Gasteiger partial charge in [0.05, 0.1) is 6.04 Å². The zero-order valence-corrected chi connectivity index (χ0v) is 18.1. The van der Waals surface area contributed by atoms with Gasteiger partial charge in [0.15, 0.2) is 0 Å². The Morgan fingerprint density at radius 3 is 2.33 bits per heavy atom. The first-order chi connectivity index (χ1) is 14.5. The SMILES string of the molecule is Cc1ccc(C[C@H](N)C(=O)N2CCC[C@@H]2C(=O)NC2C3CC4CC(C3)CC2C4)cc1. The average Bonchev–Trinajstić information content (AvgIpc) is 3.21. The maximum absolute atomic E-state index is 13.2. The number of carbonyl (C=O) groups excluding carboxylic acids is 2. The van der Waals surface area contributed by atoms with E-state index in [1.165, 1.54) is 37.7 Å². The van der Waals surface area contributed by atoms with Crippen LogP contribution in [0.15, 0.2) is 24.3 Å². The molecule has 5 fully saturated rings. The molecule has 5 heteroatoms. The number of aryl methyl sites for hydroxylation is 1.